The van der Waals surface area contributed by atoms with Crippen LogP contribution in [0.4, 0.5) is 5.69 Å². The van der Waals surface area contributed by atoms with Crippen molar-refractivity contribution in [2.75, 3.05) is 0 Å². The second kappa shape index (κ2) is 10.1. The monoisotopic (exact) mass is 540 g/mol. The van der Waals surface area contributed by atoms with Gasteiger partial charge in [-0.1, -0.05) is 48.5 Å². The Kier molecular flexibility index (Phi) is 6.99. The summed E-state index contributed by atoms with van der Waals surface area (Å²) in [6, 6.07) is 26.8. The molecule has 0 fully saturated rings. The number of rotatable bonds is 2. The van der Waals surface area contributed by atoms with Gasteiger partial charge in [-0.25, -0.2) is 0 Å². The molecule has 0 N–H and O–H groups in total. The molecule has 34 heavy (non-hydrogen) atoms. The molecule has 0 bridgehead atoms. The topological polar surface area (TPSA) is 62.2 Å². The zero-order chi connectivity index (χ0) is 22.7. The van der Waals surface area contributed by atoms with E-state index in [0.717, 1.165) is 11.4 Å². The number of benzene rings is 3. The van der Waals surface area contributed by atoms with E-state index in [4.69, 9.17) is 18.6 Å². The molecule has 0 atom stereocenters. The van der Waals surface area contributed by atoms with Crippen LogP contribution < -0.4 is 18.6 Å². The van der Waals surface area contributed by atoms with Crippen LogP contribution in [0.1, 0.15) is 16.8 Å². The Labute approximate surface area is 211 Å². The van der Waals surface area contributed by atoms with E-state index in [0.29, 0.717) is 23.0 Å². The van der Waals surface area contributed by atoms with E-state index in [1.54, 1.807) is 12.4 Å². The van der Waals surface area contributed by atoms with Crippen molar-refractivity contribution in [1.82, 2.24) is 4.98 Å². The molecule has 0 amide bonds. The van der Waals surface area contributed by atoms with Gasteiger partial charge in [0.15, 0.2) is 0 Å². The molecule has 8 heteroatoms. The molecule has 0 unspecified atom stereocenters. The molecule has 1 radical (unpaired) electrons. The summed E-state index contributed by atoms with van der Waals surface area (Å²) in [5, 5.41) is 0. The molecule has 0 saturated heterocycles. The summed E-state index contributed by atoms with van der Waals surface area (Å²) < 4.78 is 22.5. The third-order valence-corrected chi connectivity index (χ3v) is 5.24. The van der Waals surface area contributed by atoms with Crippen LogP contribution in [0.25, 0.3) is 0 Å². The molecule has 6 nitrogen and oxygen atoms in total. The molecule has 2 aliphatic heterocycles. The second-order valence-corrected chi connectivity index (χ2v) is 7.70. The Morgan fingerprint density at radius 1 is 0.647 bits per heavy atom. The van der Waals surface area contributed by atoms with Crippen molar-refractivity contribution in [2.24, 2.45) is 4.99 Å². The third kappa shape index (κ3) is 4.97. The van der Waals surface area contributed by atoms with Gasteiger partial charge in [0.05, 0.1) is 17.6 Å². The number of pyridine rings is 1. The smallest absolute Gasteiger partial charge is 0.609 e. The summed E-state index contributed by atoms with van der Waals surface area (Å²) in [5.74, 6) is 2.56. The van der Waals surface area contributed by atoms with Crippen LogP contribution in [-0.2, 0) is 19.5 Å². The van der Waals surface area contributed by atoms with Gasteiger partial charge in [0.25, 0.3) is 0 Å². The van der Waals surface area contributed by atoms with Gasteiger partial charge in [0, 0.05) is 25.7 Å². The van der Waals surface area contributed by atoms with Gasteiger partial charge in [0.2, 0.25) is 0 Å². The van der Waals surface area contributed by atoms with Gasteiger partial charge >= 0.3 is 6.96 Å². The normalized spacial score (nSPS) is 13.8. The molecule has 4 aromatic rings. The minimum atomic E-state index is -2.21. The van der Waals surface area contributed by atoms with Crippen molar-refractivity contribution in [3.63, 3.8) is 0 Å². The summed E-state index contributed by atoms with van der Waals surface area (Å²) in [5.41, 5.74) is 4.29. The number of hydrogen-bond donors (Lipinski definition) is 0. The molecule has 173 valence electrons. The quantitative estimate of drug-likeness (QED) is 0.237. The molecular weight excluding hydrogens is 518 g/mol. The summed E-state index contributed by atoms with van der Waals surface area (Å²) in [7, 11) is 0. The fourth-order valence-electron chi connectivity index (χ4n) is 3.65. The van der Waals surface area contributed by atoms with Crippen molar-refractivity contribution in [3.8, 4) is 23.0 Å². The van der Waals surface area contributed by atoms with Crippen molar-refractivity contribution >= 4 is 18.9 Å². The third-order valence-electron chi connectivity index (χ3n) is 5.24. The van der Waals surface area contributed by atoms with E-state index in [-0.39, 0.29) is 19.5 Å². The van der Waals surface area contributed by atoms with E-state index in [9.17, 15) is 0 Å². The predicted octanol–water partition coefficient (Wildman–Crippen LogP) is 5.81. The average Bonchev–Trinajstić information content (AvgIpc) is 3.37. The zero-order valence-electron chi connectivity index (χ0n) is 18.7. The first kappa shape index (κ1) is 23.5. The zero-order valence-corrected chi connectivity index (χ0v) is 20.3. The summed E-state index contributed by atoms with van der Waals surface area (Å²) in [6.45, 7) is 1.93. The maximum atomic E-state index is 5.63. The number of para-hydroxylation sites is 5. The van der Waals surface area contributed by atoms with Crippen LogP contribution in [0.5, 0.6) is 23.0 Å². The first-order valence-electron chi connectivity index (χ1n) is 10.7. The number of hydrogen-bond acceptors (Lipinski definition) is 6. The molecule has 0 saturated carbocycles. The molecular formula is C26H22BN2O4Rh-. The van der Waals surface area contributed by atoms with E-state index < -0.39 is 6.96 Å². The van der Waals surface area contributed by atoms with Gasteiger partial charge in [0.1, 0.15) is 23.0 Å². The summed E-state index contributed by atoms with van der Waals surface area (Å²) >= 11 is 0. The van der Waals surface area contributed by atoms with E-state index in [1.165, 1.54) is 11.1 Å². The fraction of sp³-hybridized carbons (Fsp3) is 0.0769. The standard InChI is InChI=1S/C14H14N2.C12H8BO4.Rh/c1-11-6-5-7-12(2)14(11)16-10-13-8-3-4-9-15-13;1-2-6-10-9(5-1)14-13(15-10)16-11-7-3-4-8-12(11)17-13;/h3-10H,1-2H3;1-8H;/q;-1;. The maximum absolute atomic E-state index is 5.63. The van der Waals surface area contributed by atoms with E-state index in [1.807, 2.05) is 72.8 Å². The van der Waals surface area contributed by atoms with Crippen LogP contribution >= 0.6 is 0 Å². The molecule has 2 aliphatic rings. The molecule has 3 aromatic carbocycles. The molecule has 1 aromatic heterocycles. The Morgan fingerprint density at radius 2 is 1.12 bits per heavy atom. The van der Waals surface area contributed by atoms with Crippen molar-refractivity contribution in [2.45, 2.75) is 13.8 Å². The predicted molar refractivity (Wildman–Crippen MR) is 129 cm³/mol. The second-order valence-electron chi connectivity index (χ2n) is 7.70. The number of aliphatic imine (C=N–C) groups is 1. The van der Waals surface area contributed by atoms with Gasteiger partial charge in [-0.3, -0.25) is 9.98 Å². The van der Waals surface area contributed by atoms with Gasteiger partial charge in [-0.15, -0.1) is 0 Å². The van der Waals surface area contributed by atoms with Crippen molar-refractivity contribution < 1.29 is 38.1 Å². The van der Waals surface area contributed by atoms with Crippen LogP contribution in [0.3, 0.4) is 0 Å². The van der Waals surface area contributed by atoms with Gasteiger partial charge < -0.3 is 18.6 Å². The van der Waals surface area contributed by atoms with E-state index >= 15 is 0 Å². The molecule has 1 spiro atoms. The van der Waals surface area contributed by atoms with Crippen molar-refractivity contribution in [1.29, 1.82) is 0 Å². The Balaban J connectivity index is 0.000000157. The average molecular weight is 540 g/mol. The Bertz CT molecular complexity index is 1190. The Hall–Kier alpha value is -3.63. The largest absolute Gasteiger partial charge is 0.777 e. The summed E-state index contributed by atoms with van der Waals surface area (Å²) in [4.78, 5) is 8.69. The molecule has 3 heterocycles. The first-order chi connectivity index (χ1) is 16.1. The van der Waals surface area contributed by atoms with Crippen LogP contribution in [-0.4, -0.2) is 18.2 Å². The fourth-order valence-corrected chi connectivity index (χ4v) is 3.65. The van der Waals surface area contributed by atoms with Crippen LogP contribution in [0.2, 0.25) is 0 Å². The number of aromatic nitrogens is 1. The first-order valence-corrected chi connectivity index (χ1v) is 10.7. The SMILES string of the molecule is Cc1cccc(C)c1N=Cc1ccccn1.[Rh].c1ccc2c(c1)O[B-]1(O2)Oc2ccccc2O1. The Morgan fingerprint density at radius 3 is 1.56 bits per heavy atom. The molecule has 6 rings (SSSR count). The van der Waals surface area contributed by atoms with Crippen LogP contribution in [0.15, 0.2) is 96.1 Å². The minimum Gasteiger partial charge on any atom is -0.609 e. The van der Waals surface area contributed by atoms with Gasteiger partial charge in [-0.05, 0) is 61.4 Å². The molecule has 0 aliphatic carbocycles. The van der Waals surface area contributed by atoms with Crippen LogP contribution in [0, 0.1) is 13.8 Å². The van der Waals surface area contributed by atoms with Gasteiger partial charge in [-0.2, -0.15) is 0 Å². The number of fused-ring (bicyclic) bond motifs is 2. The number of nitrogens with zero attached hydrogens (tertiary/aromatic N) is 2. The number of aryl methyl sites for hydroxylation is 2. The van der Waals surface area contributed by atoms with Crippen molar-refractivity contribution in [3.05, 3.63) is 108 Å². The minimum absolute atomic E-state index is 0. The summed E-state index contributed by atoms with van der Waals surface area (Å²) in [6.07, 6.45) is 3.57. The maximum Gasteiger partial charge on any atom is 0.777 e. The van der Waals surface area contributed by atoms with E-state index in [2.05, 4.69) is 36.0 Å².